The second-order valence-corrected chi connectivity index (χ2v) is 2.38. The van der Waals surface area contributed by atoms with E-state index in [4.69, 9.17) is 0 Å². The average Bonchev–Trinajstić information content (AvgIpc) is 2.14. The number of ether oxygens (including phenoxy) is 2. The van der Waals surface area contributed by atoms with Crippen LogP contribution in [0.1, 0.15) is 6.42 Å². The Morgan fingerprint density at radius 2 is 1.80 bits per heavy atom. The fraction of sp³-hybridized carbons (Fsp3) is 0.500. The van der Waals surface area contributed by atoms with Gasteiger partial charge in [0.2, 0.25) is 0 Å². The number of hydrogen-bond donors (Lipinski definition) is 0. The Bertz CT molecular complexity index is 257. The number of alkyl halides is 3. The highest BCUT2D eigenvalue weighted by atomic mass is 19.4. The number of hydrogen-bond acceptors (Lipinski definition) is 4. The monoisotopic (exact) mass is 226 g/mol. The van der Waals surface area contributed by atoms with E-state index in [1.165, 1.54) is 0 Å². The van der Waals surface area contributed by atoms with E-state index in [0.29, 0.717) is 0 Å². The van der Waals surface area contributed by atoms with Crippen LogP contribution >= 0.6 is 0 Å². The molecule has 15 heavy (non-hydrogen) atoms. The summed E-state index contributed by atoms with van der Waals surface area (Å²) >= 11 is 0. The first-order valence-electron chi connectivity index (χ1n) is 3.83. The number of carbonyl (C=O) groups is 2. The van der Waals surface area contributed by atoms with Gasteiger partial charge in [-0.2, -0.15) is 13.2 Å². The molecule has 0 atom stereocenters. The first kappa shape index (κ1) is 13.5. The fourth-order valence-electron chi connectivity index (χ4n) is 0.551. The maximum absolute atomic E-state index is 11.6. The number of halogens is 3. The molecule has 0 aromatic carbocycles. The van der Waals surface area contributed by atoms with Gasteiger partial charge in [0.25, 0.3) is 0 Å². The Labute approximate surface area is 83.7 Å². The number of rotatable bonds is 3. The van der Waals surface area contributed by atoms with E-state index < -0.39 is 31.1 Å². The molecule has 0 saturated heterocycles. The van der Waals surface area contributed by atoms with Crippen LogP contribution < -0.4 is 0 Å². The highest BCUT2D eigenvalue weighted by Gasteiger charge is 2.24. The molecule has 0 unspecified atom stereocenters. The Morgan fingerprint density at radius 3 is 2.27 bits per heavy atom. The van der Waals surface area contributed by atoms with Gasteiger partial charge in [-0.25, -0.2) is 9.59 Å². The molecule has 4 nitrogen and oxygen atoms in total. The van der Waals surface area contributed by atoms with Gasteiger partial charge in [-0.1, -0.05) is 12.2 Å². The third-order valence-electron chi connectivity index (χ3n) is 1.18. The molecule has 0 aromatic rings. The molecule has 86 valence electrons. The molecule has 0 radical (unpaired) electrons. The molecule has 0 rings (SSSR count). The van der Waals surface area contributed by atoms with E-state index in [2.05, 4.69) is 9.47 Å². The van der Waals surface area contributed by atoms with Gasteiger partial charge in [-0.3, -0.25) is 0 Å². The van der Waals surface area contributed by atoms with Crippen molar-refractivity contribution in [2.45, 2.75) is 12.6 Å². The lowest BCUT2D eigenvalue weighted by Gasteiger charge is -2.01. The van der Waals surface area contributed by atoms with Crippen molar-refractivity contribution in [1.82, 2.24) is 0 Å². The number of allylic oxidation sites excluding steroid dienone is 1. The van der Waals surface area contributed by atoms with Crippen molar-refractivity contribution in [2.75, 3.05) is 13.7 Å². The zero-order chi connectivity index (χ0) is 11.9. The standard InChI is InChI=1S/C8H9F3O4/c1-14-6(12)7(13)15-5-3-2-4-8(9,10)11/h2-3H,4-5H2,1H3. The van der Waals surface area contributed by atoms with Gasteiger partial charge in [0, 0.05) is 0 Å². The Balaban J connectivity index is 3.71. The van der Waals surface area contributed by atoms with Crippen molar-refractivity contribution in [1.29, 1.82) is 0 Å². The summed E-state index contributed by atoms with van der Waals surface area (Å²) in [5.74, 6) is -2.44. The lowest BCUT2D eigenvalue weighted by molar-refractivity contribution is -0.165. The van der Waals surface area contributed by atoms with Gasteiger partial charge in [-0.15, -0.1) is 0 Å². The second-order valence-electron chi connectivity index (χ2n) is 2.38. The highest BCUT2D eigenvalue weighted by Crippen LogP contribution is 2.19. The molecule has 0 aromatic heterocycles. The minimum atomic E-state index is -4.29. The summed E-state index contributed by atoms with van der Waals surface area (Å²) in [7, 11) is 0.989. The number of esters is 2. The minimum Gasteiger partial charge on any atom is -0.461 e. The summed E-state index contributed by atoms with van der Waals surface area (Å²) < 4.78 is 43.0. The topological polar surface area (TPSA) is 52.6 Å². The van der Waals surface area contributed by atoms with Crippen LogP contribution in [-0.2, 0) is 19.1 Å². The molecule has 0 aliphatic rings. The predicted octanol–water partition coefficient (Wildman–Crippen LogP) is 1.21. The Hall–Kier alpha value is -1.53. The van der Waals surface area contributed by atoms with Crippen molar-refractivity contribution in [3.05, 3.63) is 12.2 Å². The van der Waals surface area contributed by atoms with E-state index in [9.17, 15) is 22.8 Å². The van der Waals surface area contributed by atoms with Crippen LogP contribution in [0.25, 0.3) is 0 Å². The van der Waals surface area contributed by atoms with Crippen LogP contribution in [0.4, 0.5) is 13.2 Å². The van der Waals surface area contributed by atoms with Gasteiger partial charge in [0.15, 0.2) is 0 Å². The Morgan fingerprint density at radius 1 is 1.20 bits per heavy atom. The molecule has 0 amide bonds. The lowest BCUT2D eigenvalue weighted by Crippen LogP contribution is -2.18. The summed E-state index contributed by atoms with van der Waals surface area (Å²) in [6, 6.07) is 0. The van der Waals surface area contributed by atoms with Gasteiger partial charge < -0.3 is 9.47 Å². The molecule has 0 saturated carbocycles. The van der Waals surface area contributed by atoms with E-state index >= 15 is 0 Å². The van der Waals surface area contributed by atoms with Crippen LogP contribution in [0.3, 0.4) is 0 Å². The van der Waals surface area contributed by atoms with Crippen molar-refractivity contribution < 1.29 is 32.2 Å². The van der Waals surface area contributed by atoms with E-state index in [-0.39, 0.29) is 0 Å². The first-order chi connectivity index (χ1) is 6.87. The molecule has 0 fully saturated rings. The van der Waals surface area contributed by atoms with Gasteiger partial charge in [0.05, 0.1) is 13.5 Å². The fourth-order valence-corrected chi connectivity index (χ4v) is 0.551. The quantitative estimate of drug-likeness (QED) is 0.412. The summed E-state index contributed by atoms with van der Waals surface area (Å²) in [5, 5.41) is 0. The minimum absolute atomic E-state index is 0.399. The smallest absolute Gasteiger partial charge is 0.417 e. The molecule has 0 N–H and O–H groups in total. The predicted molar refractivity (Wildman–Crippen MR) is 42.8 cm³/mol. The van der Waals surface area contributed by atoms with E-state index in [1.54, 1.807) is 0 Å². The maximum Gasteiger partial charge on any atom is 0.417 e. The zero-order valence-corrected chi connectivity index (χ0v) is 7.84. The van der Waals surface area contributed by atoms with Gasteiger partial charge in [-0.05, 0) is 0 Å². The van der Waals surface area contributed by atoms with Crippen LogP contribution in [-0.4, -0.2) is 31.8 Å². The summed E-state index contributed by atoms with van der Waals surface area (Å²) in [6.45, 7) is -0.399. The summed E-state index contributed by atoms with van der Waals surface area (Å²) in [6.07, 6.45) is -3.61. The van der Waals surface area contributed by atoms with Crippen molar-refractivity contribution in [3.8, 4) is 0 Å². The van der Waals surface area contributed by atoms with E-state index in [1.807, 2.05) is 0 Å². The molecular weight excluding hydrogens is 217 g/mol. The maximum atomic E-state index is 11.6. The molecule has 0 spiro atoms. The van der Waals surface area contributed by atoms with Gasteiger partial charge >= 0.3 is 18.1 Å². The van der Waals surface area contributed by atoms with Crippen molar-refractivity contribution >= 4 is 11.9 Å². The van der Waals surface area contributed by atoms with Crippen LogP contribution in [0, 0.1) is 0 Å². The lowest BCUT2D eigenvalue weighted by atomic mass is 10.4. The normalized spacial score (nSPS) is 11.5. The SMILES string of the molecule is COC(=O)C(=O)OCC=CCC(F)(F)F. The average molecular weight is 226 g/mol. The molecular formula is C8H9F3O4. The molecule has 0 aliphatic carbocycles. The largest absolute Gasteiger partial charge is 0.461 e. The third-order valence-corrected chi connectivity index (χ3v) is 1.18. The summed E-state index contributed by atoms with van der Waals surface area (Å²) in [5.41, 5.74) is 0. The van der Waals surface area contributed by atoms with Crippen molar-refractivity contribution in [2.24, 2.45) is 0 Å². The highest BCUT2D eigenvalue weighted by molar-refractivity contribution is 6.29. The molecule has 0 bridgehead atoms. The van der Waals surface area contributed by atoms with Gasteiger partial charge in [0.1, 0.15) is 6.61 Å². The van der Waals surface area contributed by atoms with Crippen molar-refractivity contribution in [3.63, 3.8) is 0 Å². The van der Waals surface area contributed by atoms with Crippen LogP contribution in [0.2, 0.25) is 0 Å². The first-order valence-corrected chi connectivity index (χ1v) is 3.83. The molecule has 0 aliphatic heterocycles. The number of carbonyl (C=O) groups excluding carboxylic acids is 2. The Kier molecular flexibility index (Phi) is 5.43. The zero-order valence-electron chi connectivity index (χ0n) is 7.84. The summed E-state index contributed by atoms with van der Waals surface area (Å²) in [4.78, 5) is 21.0. The van der Waals surface area contributed by atoms with E-state index in [0.717, 1.165) is 19.3 Å². The van der Waals surface area contributed by atoms with Crippen LogP contribution in [0.15, 0.2) is 12.2 Å². The third kappa shape index (κ3) is 7.53. The van der Waals surface area contributed by atoms with Crippen LogP contribution in [0.5, 0.6) is 0 Å². The molecule has 0 heterocycles. The molecule has 7 heteroatoms. The second kappa shape index (κ2) is 6.05. The number of methoxy groups -OCH3 is 1.